The molecule has 1 aromatic carbocycles. The molecular formula is C19H22O10. The Bertz CT molecular complexity index is 922. The van der Waals surface area contributed by atoms with Crippen LogP contribution in [-0.4, -0.2) is 70.0 Å². The maximum atomic E-state index is 11.8. The summed E-state index contributed by atoms with van der Waals surface area (Å²) in [4.78, 5) is 11.8. The highest BCUT2D eigenvalue weighted by Gasteiger charge is 2.45. The molecule has 158 valence electrons. The highest BCUT2D eigenvalue weighted by Crippen LogP contribution is 2.38. The van der Waals surface area contributed by atoms with Crippen LogP contribution >= 0.6 is 0 Å². The Morgan fingerprint density at radius 1 is 1.07 bits per heavy atom. The lowest BCUT2D eigenvalue weighted by Gasteiger charge is -2.39. The molecule has 2 aromatic rings. The quantitative estimate of drug-likeness (QED) is 0.435. The summed E-state index contributed by atoms with van der Waals surface area (Å²) in [6.45, 7) is 1.01. The first kappa shape index (κ1) is 21.1. The minimum atomic E-state index is -1.65. The van der Waals surface area contributed by atoms with E-state index in [1.807, 2.05) is 0 Å². The molecule has 1 unspecified atom stereocenters. The number of ether oxygens (including phenoxy) is 3. The molecule has 0 spiro atoms. The Morgan fingerprint density at radius 2 is 1.79 bits per heavy atom. The lowest BCUT2D eigenvalue weighted by Crippen LogP contribution is -2.60. The summed E-state index contributed by atoms with van der Waals surface area (Å²) in [7, 11) is 1.38. The Morgan fingerprint density at radius 3 is 2.45 bits per heavy atom. The molecule has 29 heavy (non-hydrogen) atoms. The van der Waals surface area contributed by atoms with Crippen molar-refractivity contribution in [3.05, 3.63) is 40.2 Å². The largest absolute Gasteiger partial charge is 0.508 e. The number of hydrogen-bond acceptors (Lipinski definition) is 10. The van der Waals surface area contributed by atoms with Gasteiger partial charge >= 0.3 is 5.63 Å². The summed E-state index contributed by atoms with van der Waals surface area (Å²) < 4.78 is 21.3. The molecule has 5 N–H and O–H groups in total. The van der Waals surface area contributed by atoms with E-state index in [0.29, 0.717) is 5.56 Å². The van der Waals surface area contributed by atoms with E-state index in [-0.39, 0.29) is 28.6 Å². The summed E-state index contributed by atoms with van der Waals surface area (Å²) in [5.41, 5.74) is 0.0716. The number of aromatic hydroxyl groups is 1. The summed E-state index contributed by atoms with van der Waals surface area (Å²) in [6, 6.07) is 5.22. The van der Waals surface area contributed by atoms with Gasteiger partial charge in [-0.05, 0) is 18.6 Å². The minimum absolute atomic E-state index is 0.0248. The molecule has 0 aliphatic carbocycles. The van der Waals surface area contributed by atoms with Crippen LogP contribution in [0.25, 0.3) is 11.3 Å². The molecule has 0 saturated carbocycles. The third kappa shape index (κ3) is 4.21. The van der Waals surface area contributed by atoms with Crippen LogP contribution < -0.4 is 15.1 Å². The Hall–Kier alpha value is -2.63. The predicted molar refractivity (Wildman–Crippen MR) is 97.8 cm³/mol. The molecule has 1 aliphatic heterocycles. The van der Waals surface area contributed by atoms with Crippen molar-refractivity contribution in [2.75, 3.05) is 13.7 Å². The minimum Gasteiger partial charge on any atom is -0.508 e. The monoisotopic (exact) mass is 410 g/mol. The molecule has 10 nitrogen and oxygen atoms in total. The lowest BCUT2D eigenvalue weighted by atomic mass is 9.99. The van der Waals surface area contributed by atoms with Crippen molar-refractivity contribution in [1.29, 1.82) is 0 Å². The van der Waals surface area contributed by atoms with E-state index in [2.05, 4.69) is 0 Å². The second-order valence-electron chi connectivity index (χ2n) is 6.63. The van der Waals surface area contributed by atoms with E-state index >= 15 is 0 Å². The molecule has 0 bridgehead atoms. The molecule has 3 rings (SSSR count). The zero-order valence-electron chi connectivity index (χ0n) is 15.7. The Labute approximate surface area is 165 Å². The van der Waals surface area contributed by atoms with Crippen LogP contribution in [0.15, 0.2) is 33.5 Å². The topological polar surface area (TPSA) is 159 Å². The van der Waals surface area contributed by atoms with Crippen LogP contribution in [0.4, 0.5) is 0 Å². The maximum absolute atomic E-state index is 11.8. The van der Waals surface area contributed by atoms with Crippen molar-refractivity contribution >= 4 is 0 Å². The van der Waals surface area contributed by atoms with Gasteiger partial charge in [0.2, 0.25) is 6.29 Å². The van der Waals surface area contributed by atoms with Gasteiger partial charge in [-0.3, -0.25) is 0 Å². The van der Waals surface area contributed by atoms with E-state index in [1.165, 1.54) is 25.3 Å². The van der Waals surface area contributed by atoms with Crippen LogP contribution in [-0.2, 0) is 4.74 Å². The van der Waals surface area contributed by atoms with E-state index in [0.717, 1.165) is 6.07 Å². The third-order valence-electron chi connectivity index (χ3n) is 4.60. The maximum Gasteiger partial charge on any atom is 0.339 e. The number of hydrogen-bond donors (Lipinski definition) is 5. The fourth-order valence-corrected chi connectivity index (χ4v) is 3.13. The van der Waals surface area contributed by atoms with Crippen molar-refractivity contribution in [3.63, 3.8) is 0 Å². The summed E-state index contributed by atoms with van der Waals surface area (Å²) in [5.74, 6) is 0.119. The Kier molecular flexibility index (Phi) is 6.10. The van der Waals surface area contributed by atoms with Crippen LogP contribution in [0.1, 0.15) is 5.56 Å². The van der Waals surface area contributed by atoms with Crippen LogP contribution in [0.3, 0.4) is 0 Å². The van der Waals surface area contributed by atoms with Crippen molar-refractivity contribution < 1.29 is 44.2 Å². The zero-order valence-corrected chi connectivity index (χ0v) is 15.7. The number of phenols is 1. The van der Waals surface area contributed by atoms with Gasteiger partial charge in [0.05, 0.1) is 25.3 Å². The fraction of sp³-hybridized carbons (Fsp3) is 0.421. The van der Waals surface area contributed by atoms with E-state index in [1.54, 1.807) is 6.92 Å². The van der Waals surface area contributed by atoms with Crippen molar-refractivity contribution in [2.45, 2.75) is 37.6 Å². The third-order valence-corrected chi connectivity index (χ3v) is 4.60. The van der Waals surface area contributed by atoms with Gasteiger partial charge in [0.1, 0.15) is 47.4 Å². The van der Waals surface area contributed by atoms with Gasteiger partial charge in [-0.2, -0.15) is 0 Å². The molecule has 0 amide bonds. The zero-order chi connectivity index (χ0) is 21.3. The average molecular weight is 410 g/mol. The predicted octanol–water partition coefficient (Wildman–Crippen LogP) is -0.492. The SMILES string of the molecule is COc1cc(-c2c(C)cc(O)cc2OC2O[C@@H](CO)[C@H](O)[C@@H](O)[C@@H]2O)oc(=O)c1. The Balaban J connectivity index is 2.04. The molecule has 1 aromatic heterocycles. The second kappa shape index (κ2) is 8.39. The highest BCUT2D eigenvalue weighted by atomic mass is 16.7. The molecule has 2 heterocycles. The first-order chi connectivity index (χ1) is 13.7. The molecule has 0 radical (unpaired) electrons. The second-order valence-corrected chi connectivity index (χ2v) is 6.63. The number of rotatable bonds is 5. The standard InChI is InChI=1S/C19H22O10/c1-8-3-9(21)4-11(15(8)12-5-10(26-2)6-14(22)27-12)28-19-18(25)17(24)16(23)13(7-20)29-19/h3-6,13,16-21,23-25H,7H2,1-2H3/t13-,16-,17+,18-,19?/m0/s1. The molecule has 1 fully saturated rings. The van der Waals surface area contributed by atoms with Gasteiger partial charge in [-0.1, -0.05) is 0 Å². The average Bonchev–Trinajstić information content (AvgIpc) is 2.67. The number of phenolic OH excluding ortho intramolecular Hbond substituents is 1. The number of methoxy groups -OCH3 is 1. The number of aliphatic hydroxyl groups excluding tert-OH is 4. The summed E-state index contributed by atoms with van der Waals surface area (Å²) in [6.07, 6.45) is -7.49. The molecule has 5 atom stereocenters. The lowest BCUT2D eigenvalue weighted by molar-refractivity contribution is -0.277. The molecule has 1 aliphatic rings. The van der Waals surface area contributed by atoms with Gasteiger partial charge in [0.25, 0.3) is 0 Å². The molecule has 10 heteroatoms. The fourth-order valence-electron chi connectivity index (χ4n) is 3.13. The van der Waals surface area contributed by atoms with Crippen LogP contribution in [0.2, 0.25) is 0 Å². The number of aliphatic hydroxyl groups is 4. The van der Waals surface area contributed by atoms with Crippen molar-refractivity contribution in [2.24, 2.45) is 0 Å². The number of benzene rings is 1. The van der Waals surface area contributed by atoms with E-state index in [4.69, 9.17) is 18.6 Å². The summed E-state index contributed by atoms with van der Waals surface area (Å²) in [5, 5.41) is 49.4. The summed E-state index contributed by atoms with van der Waals surface area (Å²) >= 11 is 0. The van der Waals surface area contributed by atoms with E-state index in [9.17, 15) is 30.3 Å². The normalized spacial score (nSPS) is 26.9. The van der Waals surface area contributed by atoms with E-state index < -0.39 is 42.9 Å². The van der Waals surface area contributed by atoms with Gasteiger partial charge in [0.15, 0.2) is 0 Å². The van der Waals surface area contributed by atoms with Crippen LogP contribution in [0.5, 0.6) is 17.2 Å². The number of aryl methyl sites for hydroxylation is 1. The van der Waals surface area contributed by atoms with Crippen molar-refractivity contribution in [1.82, 2.24) is 0 Å². The van der Waals surface area contributed by atoms with Gasteiger partial charge in [0, 0.05) is 12.1 Å². The molecule has 1 saturated heterocycles. The van der Waals surface area contributed by atoms with Gasteiger partial charge in [-0.15, -0.1) is 0 Å². The first-order valence-corrected chi connectivity index (χ1v) is 8.75. The van der Waals surface area contributed by atoms with Gasteiger partial charge < -0.3 is 44.2 Å². The first-order valence-electron chi connectivity index (χ1n) is 8.75. The van der Waals surface area contributed by atoms with Crippen molar-refractivity contribution in [3.8, 4) is 28.6 Å². The molecular weight excluding hydrogens is 388 g/mol. The highest BCUT2D eigenvalue weighted by molar-refractivity contribution is 5.72. The van der Waals surface area contributed by atoms with Gasteiger partial charge in [-0.25, -0.2) is 4.79 Å². The van der Waals surface area contributed by atoms with Crippen LogP contribution in [0, 0.1) is 6.92 Å². The smallest absolute Gasteiger partial charge is 0.339 e.